The van der Waals surface area contributed by atoms with Gasteiger partial charge in [0.2, 0.25) is 0 Å². The third-order valence-electron chi connectivity index (χ3n) is 1.57. The van der Waals surface area contributed by atoms with Crippen LogP contribution in [0, 0.1) is 0 Å². The van der Waals surface area contributed by atoms with Gasteiger partial charge in [-0.1, -0.05) is 0 Å². The molecule has 5 heteroatoms. The van der Waals surface area contributed by atoms with Crippen molar-refractivity contribution in [3.8, 4) is 0 Å². The van der Waals surface area contributed by atoms with Crippen LogP contribution < -0.4 is 5.73 Å². The Balaban J connectivity index is 3.43. The summed E-state index contributed by atoms with van der Waals surface area (Å²) in [7, 11) is 4.04. The zero-order valence-electron chi connectivity index (χ0n) is 9.16. The predicted molar refractivity (Wildman–Crippen MR) is 60.5 cm³/mol. The van der Waals surface area contributed by atoms with Crippen molar-refractivity contribution in [1.82, 2.24) is 4.90 Å². The highest BCUT2D eigenvalue weighted by molar-refractivity contribution is 7.99. The molecule has 2 N–H and O–H groups in total. The molecular weight excluding hydrogens is 200 g/mol. The molecule has 0 fully saturated rings. The Bertz CT molecular complexity index is 165. The monoisotopic (exact) mass is 220 g/mol. The molecule has 0 saturated carbocycles. The molecule has 84 valence electrons. The Hall–Kier alpha value is -0.260. The van der Waals surface area contributed by atoms with Crippen molar-refractivity contribution in [1.29, 1.82) is 0 Å². The maximum atomic E-state index is 11.1. The van der Waals surface area contributed by atoms with Crippen molar-refractivity contribution in [3.63, 3.8) is 0 Å². The first kappa shape index (κ1) is 13.7. The van der Waals surface area contributed by atoms with E-state index in [0.29, 0.717) is 12.4 Å². The summed E-state index contributed by atoms with van der Waals surface area (Å²) in [5.41, 5.74) is 5.61. The number of nitrogens with two attached hydrogens (primary N) is 1. The smallest absolute Gasteiger partial charge is 0.323 e. The molecule has 0 aliphatic heterocycles. The first-order valence-electron chi connectivity index (χ1n) is 4.72. The van der Waals surface area contributed by atoms with E-state index in [1.165, 1.54) is 0 Å². The zero-order chi connectivity index (χ0) is 11.0. The summed E-state index contributed by atoms with van der Waals surface area (Å²) in [5, 5.41) is 0. The SMILES string of the molecule is CCOC(=O)C(N)CSCCN(C)C. The predicted octanol–water partition coefficient (Wildman–Crippen LogP) is 0.172. The molecule has 1 atom stereocenters. The fraction of sp³-hybridized carbons (Fsp3) is 0.889. The molecule has 0 spiro atoms. The first-order chi connectivity index (χ1) is 6.57. The number of esters is 1. The molecule has 14 heavy (non-hydrogen) atoms. The van der Waals surface area contributed by atoms with Crippen LogP contribution in [0.25, 0.3) is 0 Å². The number of carbonyl (C=O) groups is 1. The standard InChI is InChI=1S/C9H20N2O2S/c1-4-13-9(12)8(10)7-14-6-5-11(2)3/h8H,4-7,10H2,1-3H3. The normalized spacial score (nSPS) is 12.9. The molecule has 0 aliphatic carbocycles. The van der Waals surface area contributed by atoms with Gasteiger partial charge >= 0.3 is 5.97 Å². The molecule has 0 aromatic rings. The van der Waals surface area contributed by atoms with Gasteiger partial charge in [0.15, 0.2) is 0 Å². The number of rotatable bonds is 7. The number of hydrogen-bond donors (Lipinski definition) is 1. The molecule has 0 bridgehead atoms. The van der Waals surface area contributed by atoms with Gasteiger partial charge in [0.05, 0.1) is 6.61 Å². The van der Waals surface area contributed by atoms with Crippen LogP contribution in [-0.2, 0) is 9.53 Å². The van der Waals surface area contributed by atoms with E-state index >= 15 is 0 Å². The average Bonchev–Trinajstić information content (AvgIpc) is 2.12. The topological polar surface area (TPSA) is 55.6 Å². The third-order valence-corrected chi connectivity index (χ3v) is 2.64. The molecule has 4 nitrogen and oxygen atoms in total. The van der Waals surface area contributed by atoms with Crippen LogP contribution in [0.15, 0.2) is 0 Å². The number of hydrogen-bond acceptors (Lipinski definition) is 5. The van der Waals surface area contributed by atoms with Gasteiger partial charge in [0.1, 0.15) is 6.04 Å². The minimum atomic E-state index is -0.484. The van der Waals surface area contributed by atoms with Crippen LogP contribution in [0.2, 0.25) is 0 Å². The van der Waals surface area contributed by atoms with Gasteiger partial charge in [-0.2, -0.15) is 11.8 Å². The molecule has 0 aliphatic rings. The fourth-order valence-electron chi connectivity index (χ4n) is 0.775. The van der Waals surface area contributed by atoms with Crippen LogP contribution in [0.5, 0.6) is 0 Å². The largest absolute Gasteiger partial charge is 0.465 e. The minimum absolute atomic E-state index is 0.301. The van der Waals surface area contributed by atoms with E-state index in [-0.39, 0.29) is 5.97 Å². The van der Waals surface area contributed by atoms with Crippen molar-refractivity contribution < 1.29 is 9.53 Å². The van der Waals surface area contributed by atoms with Crippen molar-refractivity contribution in [3.05, 3.63) is 0 Å². The number of carbonyl (C=O) groups excluding carboxylic acids is 1. The van der Waals surface area contributed by atoms with E-state index in [4.69, 9.17) is 10.5 Å². The maximum Gasteiger partial charge on any atom is 0.323 e. The lowest BCUT2D eigenvalue weighted by Crippen LogP contribution is -2.35. The Kier molecular flexibility index (Phi) is 7.93. The summed E-state index contributed by atoms with van der Waals surface area (Å²) >= 11 is 1.68. The molecule has 1 unspecified atom stereocenters. The van der Waals surface area contributed by atoms with E-state index in [1.807, 2.05) is 14.1 Å². The fourth-order valence-corrected chi connectivity index (χ4v) is 1.83. The molecular formula is C9H20N2O2S. The second-order valence-corrected chi connectivity index (χ2v) is 4.39. The quantitative estimate of drug-likeness (QED) is 0.490. The van der Waals surface area contributed by atoms with Gasteiger partial charge in [-0.15, -0.1) is 0 Å². The van der Waals surface area contributed by atoms with Crippen LogP contribution >= 0.6 is 11.8 Å². The van der Waals surface area contributed by atoms with E-state index in [1.54, 1.807) is 18.7 Å². The lowest BCUT2D eigenvalue weighted by Gasteiger charge is -2.11. The number of thioether (sulfide) groups is 1. The highest BCUT2D eigenvalue weighted by atomic mass is 32.2. The van der Waals surface area contributed by atoms with Crippen LogP contribution in [0.3, 0.4) is 0 Å². The van der Waals surface area contributed by atoms with Crippen LogP contribution in [-0.4, -0.2) is 55.7 Å². The molecule has 0 aromatic heterocycles. The summed E-state index contributed by atoms with van der Waals surface area (Å²) in [5.74, 6) is 1.32. The molecule has 0 heterocycles. The lowest BCUT2D eigenvalue weighted by atomic mass is 10.4. The highest BCUT2D eigenvalue weighted by Gasteiger charge is 2.13. The molecule has 0 saturated heterocycles. The van der Waals surface area contributed by atoms with Crippen molar-refractivity contribution in [2.45, 2.75) is 13.0 Å². The summed E-state index contributed by atoms with van der Waals surface area (Å²) in [6.07, 6.45) is 0. The van der Waals surface area contributed by atoms with Gasteiger partial charge < -0.3 is 15.4 Å². The second-order valence-electron chi connectivity index (χ2n) is 3.24. The van der Waals surface area contributed by atoms with Crippen molar-refractivity contribution >= 4 is 17.7 Å². The Labute approximate surface area is 90.2 Å². The minimum Gasteiger partial charge on any atom is -0.465 e. The number of nitrogens with zero attached hydrogens (tertiary/aromatic N) is 1. The third kappa shape index (κ3) is 7.17. The Morgan fingerprint density at radius 1 is 1.57 bits per heavy atom. The van der Waals surface area contributed by atoms with Gasteiger partial charge in [-0.3, -0.25) is 4.79 Å². The van der Waals surface area contributed by atoms with Crippen LogP contribution in [0.1, 0.15) is 6.92 Å². The first-order valence-corrected chi connectivity index (χ1v) is 5.88. The molecule has 0 amide bonds. The summed E-state index contributed by atoms with van der Waals surface area (Å²) < 4.78 is 4.79. The highest BCUT2D eigenvalue weighted by Crippen LogP contribution is 2.02. The number of ether oxygens (including phenoxy) is 1. The molecule has 0 aromatic carbocycles. The van der Waals surface area contributed by atoms with Gasteiger partial charge in [-0.05, 0) is 21.0 Å². The molecule has 0 rings (SSSR count). The lowest BCUT2D eigenvalue weighted by molar-refractivity contribution is -0.144. The average molecular weight is 220 g/mol. The molecule has 0 radical (unpaired) electrons. The Morgan fingerprint density at radius 3 is 2.71 bits per heavy atom. The van der Waals surface area contributed by atoms with Crippen LogP contribution in [0.4, 0.5) is 0 Å². The van der Waals surface area contributed by atoms with Gasteiger partial charge in [-0.25, -0.2) is 0 Å². The van der Waals surface area contributed by atoms with Gasteiger partial charge in [0, 0.05) is 18.1 Å². The summed E-state index contributed by atoms with van der Waals surface area (Å²) in [4.78, 5) is 13.2. The van der Waals surface area contributed by atoms with Gasteiger partial charge in [0.25, 0.3) is 0 Å². The van der Waals surface area contributed by atoms with E-state index < -0.39 is 6.04 Å². The maximum absolute atomic E-state index is 11.1. The van der Waals surface area contributed by atoms with E-state index in [9.17, 15) is 4.79 Å². The zero-order valence-corrected chi connectivity index (χ0v) is 9.97. The second kappa shape index (κ2) is 8.08. The van der Waals surface area contributed by atoms with Crippen molar-refractivity contribution in [2.24, 2.45) is 5.73 Å². The summed E-state index contributed by atoms with van der Waals surface area (Å²) in [6.45, 7) is 3.18. The van der Waals surface area contributed by atoms with E-state index in [0.717, 1.165) is 12.3 Å². The van der Waals surface area contributed by atoms with E-state index in [2.05, 4.69) is 4.90 Å². The Morgan fingerprint density at radius 2 is 2.21 bits per heavy atom. The van der Waals surface area contributed by atoms with Crippen molar-refractivity contribution in [2.75, 3.05) is 38.8 Å². The summed E-state index contributed by atoms with van der Waals surface area (Å²) in [6, 6.07) is -0.484.